The third-order valence-electron chi connectivity index (χ3n) is 3.17. The molecule has 0 aromatic heterocycles. The number of nitrogens with one attached hydrogen (secondary N) is 3. The molecular formula is C17H18N4O3. The van der Waals surface area contributed by atoms with Crippen LogP contribution in [-0.4, -0.2) is 23.9 Å². The van der Waals surface area contributed by atoms with Crippen LogP contribution in [0.5, 0.6) is 0 Å². The summed E-state index contributed by atoms with van der Waals surface area (Å²) in [6.45, 7) is 1.59. The van der Waals surface area contributed by atoms with Crippen molar-refractivity contribution in [1.82, 2.24) is 5.32 Å². The second-order valence-electron chi connectivity index (χ2n) is 5.12. The topological polar surface area (TPSA) is 113 Å². The van der Waals surface area contributed by atoms with E-state index >= 15 is 0 Å². The second-order valence-corrected chi connectivity index (χ2v) is 5.12. The minimum atomic E-state index is -0.731. The molecule has 0 spiro atoms. The number of hydrogen-bond acceptors (Lipinski definition) is 3. The molecular weight excluding hydrogens is 308 g/mol. The number of benzene rings is 2. The zero-order valence-electron chi connectivity index (χ0n) is 13.1. The SMILES string of the molecule is CC(NC(=O)c1ccccc1)C(=O)Nc1cccc(NC(N)=O)c1. The largest absolute Gasteiger partial charge is 0.351 e. The molecule has 0 heterocycles. The van der Waals surface area contributed by atoms with Crippen LogP contribution >= 0.6 is 0 Å². The Bertz CT molecular complexity index is 747. The van der Waals surface area contributed by atoms with Gasteiger partial charge in [-0.05, 0) is 37.3 Å². The van der Waals surface area contributed by atoms with Gasteiger partial charge in [-0.3, -0.25) is 9.59 Å². The summed E-state index contributed by atoms with van der Waals surface area (Å²) in [5.74, 6) is -0.710. The second kappa shape index (κ2) is 7.77. The first-order valence-corrected chi connectivity index (χ1v) is 7.29. The fourth-order valence-electron chi connectivity index (χ4n) is 2.00. The summed E-state index contributed by atoms with van der Waals surface area (Å²) in [6.07, 6.45) is 0. The number of carbonyl (C=O) groups excluding carboxylic acids is 3. The van der Waals surface area contributed by atoms with E-state index in [2.05, 4.69) is 16.0 Å². The van der Waals surface area contributed by atoms with E-state index in [1.165, 1.54) is 0 Å². The van der Waals surface area contributed by atoms with E-state index in [0.717, 1.165) is 0 Å². The van der Waals surface area contributed by atoms with Crippen molar-refractivity contribution in [3.8, 4) is 0 Å². The zero-order valence-corrected chi connectivity index (χ0v) is 13.1. The van der Waals surface area contributed by atoms with Crippen molar-refractivity contribution in [3.63, 3.8) is 0 Å². The Balaban J connectivity index is 1.96. The molecule has 5 N–H and O–H groups in total. The molecule has 2 rings (SSSR count). The first-order valence-electron chi connectivity index (χ1n) is 7.29. The van der Waals surface area contributed by atoms with Gasteiger partial charge in [-0.15, -0.1) is 0 Å². The highest BCUT2D eigenvalue weighted by atomic mass is 16.2. The zero-order chi connectivity index (χ0) is 17.5. The number of urea groups is 1. The highest BCUT2D eigenvalue weighted by Gasteiger charge is 2.16. The van der Waals surface area contributed by atoms with Crippen LogP contribution in [-0.2, 0) is 4.79 Å². The van der Waals surface area contributed by atoms with E-state index in [9.17, 15) is 14.4 Å². The molecule has 7 heteroatoms. The number of primary amides is 1. The summed E-state index contributed by atoms with van der Waals surface area (Å²) in [6, 6.07) is 13.7. The molecule has 4 amide bonds. The fraction of sp³-hybridized carbons (Fsp3) is 0.118. The Hall–Kier alpha value is -3.35. The van der Waals surface area contributed by atoms with Crippen molar-refractivity contribution in [1.29, 1.82) is 0 Å². The number of carbonyl (C=O) groups is 3. The maximum atomic E-state index is 12.2. The Labute approximate surface area is 139 Å². The van der Waals surface area contributed by atoms with Crippen LogP contribution in [0.15, 0.2) is 54.6 Å². The van der Waals surface area contributed by atoms with Crippen LogP contribution in [0.25, 0.3) is 0 Å². The third kappa shape index (κ3) is 4.84. The average Bonchev–Trinajstić information content (AvgIpc) is 2.55. The van der Waals surface area contributed by atoms with Crippen molar-refractivity contribution in [2.24, 2.45) is 5.73 Å². The average molecular weight is 326 g/mol. The van der Waals surface area contributed by atoms with Crippen LogP contribution in [0.2, 0.25) is 0 Å². The van der Waals surface area contributed by atoms with Gasteiger partial charge in [0.1, 0.15) is 6.04 Å². The van der Waals surface area contributed by atoms with E-state index < -0.39 is 12.1 Å². The molecule has 0 saturated carbocycles. The number of hydrogen-bond donors (Lipinski definition) is 4. The van der Waals surface area contributed by atoms with Gasteiger partial charge in [-0.1, -0.05) is 24.3 Å². The van der Waals surface area contributed by atoms with Crippen molar-refractivity contribution >= 4 is 29.2 Å². The summed E-state index contributed by atoms with van der Waals surface area (Å²) in [5.41, 5.74) is 6.46. The van der Waals surface area contributed by atoms with E-state index in [0.29, 0.717) is 16.9 Å². The Morgan fingerprint density at radius 2 is 1.54 bits per heavy atom. The van der Waals surface area contributed by atoms with Gasteiger partial charge in [0.2, 0.25) is 5.91 Å². The maximum Gasteiger partial charge on any atom is 0.316 e. The van der Waals surface area contributed by atoms with Gasteiger partial charge in [0, 0.05) is 16.9 Å². The van der Waals surface area contributed by atoms with Gasteiger partial charge < -0.3 is 21.7 Å². The summed E-state index contributed by atoms with van der Waals surface area (Å²) in [4.78, 5) is 35.1. The quantitative estimate of drug-likeness (QED) is 0.673. The number of amides is 4. The van der Waals surface area contributed by atoms with Crippen LogP contribution in [0.4, 0.5) is 16.2 Å². The lowest BCUT2D eigenvalue weighted by molar-refractivity contribution is -0.117. The first-order chi connectivity index (χ1) is 11.5. The van der Waals surface area contributed by atoms with Gasteiger partial charge in [0.05, 0.1) is 0 Å². The molecule has 1 atom stereocenters. The van der Waals surface area contributed by atoms with E-state index in [4.69, 9.17) is 5.73 Å². The Kier molecular flexibility index (Phi) is 5.51. The molecule has 0 bridgehead atoms. The molecule has 24 heavy (non-hydrogen) atoms. The van der Waals surface area contributed by atoms with E-state index in [-0.39, 0.29) is 11.8 Å². The maximum absolute atomic E-state index is 12.2. The van der Waals surface area contributed by atoms with Crippen LogP contribution in [0, 0.1) is 0 Å². The van der Waals surface area contributed by atoms with Crippen LogP contribution in [0.3, 0.4) is 0 Å². The van der Waals surface area contributed by atoms with Gasteiger partial charge >= 0.3 is 6.03 Å². The number of rotatable bonds is 5. The molecule has 0 aliphatic rings. The lowest BCUT2D eigenvalue weighted by atomic mass is 10.2. The van der Waals surface area contributed by atoms with E-state index in [1.54, 1.807) is 61.5 Å². The molecule has 0 aliphatic heterocycles. The Morgan fingerprint density at radius 1 is 0.917 bits per heavy atom. The summed E-state index contributed by atoms with van der Waals surface area (Å²) in [7, 11) is 0. The lowest BCUT2D eigenvalue weighted by Crippen LogP contribution is -2.41. The monoisotopic (exact) mass is 326 g/mol. The lowest BCUT2D eigenvalue weighted by Gasteiger charge is -2.14. The Morgan fingerprint density at radius 3 is 2.17 bits per heavy atom. The van der Waals surface area contributed by atoms with Crippen molar-refractivity contribution < 1.29 is 14.4 Å². The van der Waals surface area contributed by atoms with Gasteiger partial charge in [-0.25, -0.2) is 4.79 Å². The molecule has 0 radical (unpaired) electrons. The van der Waals surface area contributed by atoms with Gasteiger partial charge in [0.25, 0.3) is 5.91 Å². The third-order valence-corrected chi connectivity index (χ3v) is 3.17. The number of anilines is 2. The standard InChI is InChI=1S/C17H18N4O3/c1-11(19-16(23)12-6-3-2-4-7-12)15(22)20-13-8-5-9-14(10-13)21-17(18)24/h2-11H,1H3,(H,19,23)(H,20,22)(H3,18,21,24). The number of nitrogens with two attached hydrogens (primary N) is 1. The molecule has 124 valence electrons. The minimum Gasteiger partial charge on any atom is -0.351 e. The molecule has 2 aromatic carbocycles. The minimum absolute atomic E-state index is 0.331. The van der Waals surface area contributed by atoms with Crippen LogP contribution < -0.4 is 21.7 Å². The first kappa shape index (κ1) is 17.0. The van der Waals surface area contributed by atoms with Gasteiger partial charge in [-0.2, -0.15) is 0 Å². The van der Waals surface area contributed by atoms with Gasteiger partial charge in [0.15, 0.2) is 0 Å². The van der Waals surface area contributed by atoms with Crippen molar-refractivity contribution in [3.05, 3.63) is 60.2 Å². The molecule has 0 fully saturated rings. The molecule has 1 unspecified atom stereocenters. The normalized spacial score (nSPS) is 11.2. The molecule has 0 saturated heterocycles. The summed E-state index contributed by atoms with van der Waals surface area (Å²) in [5, 5.41) is 7.71. The highest BCUT2D eigenvalue weighted by molar-refractivity contribution is 6.01. The predicted octanol–water partition coefficient (Wildman–Crippen LogP) is 1.93. The van der Waals surface area contributed by atoms with Crippen LogP contribution in [0.1, 0.15) is 17.3 Å². The molecule has 2 aromatic rings. The smallest absolute Gasteiger partial charge is 0.316 e. The summed E-state index contributed by atoms with van der Waals surface area (Å²) >= 11 is 0. The summed E-state index contributed by atoms with van der Waals surface area (Å²) < 4.78 is 0. The van der Waals surface area contributed by atoms with Crippen molar-refractivity contribution in [2.45, 2.75) is 13.0 Å². The molecule has 0 aliphatic carbocycles. The molecule has 7 nitrogen and oxygen atoms in total. The van der Waals surface area contributed by atoms with Crippen molar-refractivity contribution in [2.75, 3.05) is 10.6 Å². The highest BCUT2D eigenvalue weighted by Crippen LogP contribution is 2.15. The predicted molar refractivity (Wildman–Crippen MR) is 91.6 cm³/mol. The fourth-order valence-corrected chi connectivity index (χ4v) is 2.00. The van der Waals surface area contributed by atoms with E-state index in [1.807, 2.05) is 0 Å².